The molecular formula is C31H34F3NO5. The largest absolute Gasteiger partial charge is 0.486 e. The number of carboxylic acids is 1. The van der Waals surface area contributed by atoms with Crippen molar-refractivity contribution in [1.82, 2.24) is 5.32 Å². The summed E-state index contributed by atoms with van der Waals surface area (Å²) in [5.41, 5.74) is 2.00. The Morgan fingerprint density at radius 3 is 1.98 bits per heavy atom. The van der Waals surface area contributed by atoms with Crippen LogP contribution in [0.1, 0.15) is 67.1 Å². The number of aliphatic hydroxyl groups excluding tert-OH is 1. The van der Waals surface area contributed by atoms with Crippen LogP contribution in [0.5, 0.6) is 5.75 Å². The molecule has 40 heavy (non-hydrogen) atoms. The van der Waals surface area contributed by atoms with Crippen LogP contribution in [-0.2, 0) is 11.0 Å². The minimum absolute atomic E-state index is 0.288. The van der Waals surface area contributed by atoms with Gasteiger partial charge in [0, 0.05) is 5.56 Å². The zero-order valence-electron chi connectivity index (χ0n) is 22.4. The Morgan fingerprint density at radius 2 is 1.48 bits per heavy atom. The molecule has 0 heterocycles. The van der Waals surface area contributed by atoms with Crippen molar-refractivity contribution >= 4 is 11.9 Å². The van der Waals surface area contributed by atoms with Crippen LogP contribution >= 0.6 is 0 Å². The molecule has 214 valence electrons. The van der Waals surface area contributed by atoms with Gasteiger partial charge in [0.05, 0.1) is 12.1 Å². The first-order valence-electron chi connectivity index (χ1n) is 13.2. The van der Waals surface area contributed by atoms with E-state index in [-0.39, 0.29) is 6.10 Å². The maximum absolute atomic E-state index is 12.9. The van der Waals surface area contributed by atoms with Gasteiger partial charge in [-0.2, -0.15) is 13.2 Å². The van der Waals surface area contributed by atoms with Gasteiger partial charge in [-0.15, -0.1) is 0 Å². The molecule has 0 aliphatic carbocycles. The highest BCUT2D eigenvalue weighted by Gasteiger charge is 2.30. The molecule has 3 unspecified atom stereocenters. The molecule has 3 rings (SSSR count). The van der Waals surface area contributed by atoms with E-state index in [1.54, 1.807) is 24.3 Å². The summed E-state index contributed by atoms with van der Waals surface area (Å²) in [7, 11) is 0. The standard InChI is InChI=1S/C31H34F3NO5/c1-3-5-20(4-2)18-28(40-26-16-12-24(13-17-26)29(37)35-19-27(36)30(38)39)23-8-6-21(7-9-23)22-10-14-25(15-11-22)31(32,33)34/h6-17,20,27-28,36H,3-5,18-19H2,1-2H3,(H,35,37)(H,38,39). The number of amides is 1. The molecule has 0 aliphatic rings. The molecule has 0 aromatic heterocycles. The quantitative estimate of drug-likeness (QED) is 0.213. The summed E-state index contributed by atoms with van der Waals surface area (Å²) in [6.45, 7) is 3.86. The number of nitrogens with one attached hydrogen (secondary N) is 1. The smallest absolute Gasteiger partial charge is 0.416 e. The van der Waals surface area contributed by atoms with E-state index >= 15 is 0 Å². The second kappa shape index (κ2) is 14.0. The molecule has 0 saturated heterocycles. The molecule has 0 bridgehead atoms. The van der Waals surface area contributed by atoms with E-state index in [4.69, 9.17) is 9.84 Å². The van der Waals surface area contributed by atoms with E-state index in [1.807, 2.05) is 24.3 Å². The minimum Gasteiger partial charge on any atom is -0.486 e. The number of alkyl halides is 3. The molecule has 1 amide bonds. The van der Waals surface area contributed by atoms with Gasteiger partial charge < -0.3 is 20.3 Å². The maximum Gasteiger partial charge on any atom is 0.416 e. The van der Waals surface area contributed by atoms with Gasteiger partial charge in [-0.1, -0.05) is 69.5 Å². The monoisotopic (exact) mass is 557 g/mol. The number of carbonyl (C=O) groups is 2. The SMILES string of the molecule is CCCC(CC)CC(Oc1ccc(C(=O)NCC(O)C(=O)O)cc1)c1ccc(-c2ccc(C(F)(F)F)cc2)cc1. The minimum atomic E-state index is -4.38. The molecule has 3 aromatic rings. The second-order valence-corrected chi connectivity index (χ2v) is 9.69. The zero-order valence-corrected chi connectivity index (χ0v) is 22.4. The van der Waals surface area contributed by atoms with E-state index < -0.39 is 36.3 Å². The Labute approximate surface area is 231 Å². The van der Waals surface area contributed by atoms with Crippen molar-refractivity contribution in [3.05, 3.63) is 89.5 Å². The Morgan fingerprint density at radius 1 is 0.900 bits per heavy atom. The van der Waals surface area contributed by atoms with Crippen LogP contribution in [0.3, 0.4) is 0 Å². The van der Waals surface area contributed by atoms with Crippen LogP contribution in [0.25, 0.3) is 11.1 Å². The molecule has 9 heteroatoms. The van der Waals surface area contributed by atoms with Crippen molar-refractivity contribution in [2.45, 2.75) is 57.9 Å². The number of hydrogen-bond acceptors (Lipinski definition) is 4. The van der Waals surface area contributed by atoms with Crippen molar-refractivity contribution in [1.29, 1.82) is 0 Å². The lowest BCUT2D eigenvalue weighted by Gasteiger charge is -2.25. The number of carboxylic acid groups (broad SMARTS) is 1. The highest BCUT2D eigenvalue weighted by atomic mass is 19.4. The average molecular weight is 558 g/mol. The van der Waals surface area contributed by atoms with Gasteiger partial charge in [0.2, 0.25) is 0 Å². The van der Waals surface area contributed by atoms with Crippen LogP contribution in [0.4, 0.5) is 13.2 Å². The number of aliphatic carboxylic acids is 1. The van der Waals surface area contributed by atoms with E-state index in [0.29, 0.717) is 22.8 Å². The average Bonchev–Trinajstić information content (AvgIpc) is 2.95. The third-order valence-corrected chi connectivity index (χ3v) is 6.79. The number of benzene rings is 3. The topological polar surface area (TPSA) is 95.9 Å². The molecule has 0 aliphatic heterocycles. The molecule has 6 nitrogen and oxygen atoms in total. The second-order valence-electron chi connectivity index (χ2n) is 9.69. The first-order valence-corrected chi connectivity index (χ1v) is 13.2. The fourth-order valence-corrected chi connectivity index (χ4v) is 4.42. The summed E-state index contributed by atoms with van der Waals surface area (Å²) in [5, 5.41) is 20.5. The lowest BCUT2D eigenvalue weighted by atomic mass is 9.90. The van der Waals surface area contributed by atoms with Crippen LogP contribution in [0.15, 0.2) is 72.8 Å². The van der Waals surface area contributed by atoms with Gasteiger partial charge in [-0.05, 0) is 65.4 Å². The van der Waals surface area contributed by atoms with Crippen LogP contribution < -0.4 is 10.1 Å². The van der Waals surface area contributed by atoms with Crippen molar-refractivity contribution < 1.29 is 37.7 Å². The van der Waals surface area contributed by atoms with Gasteiger partial charge >= 0.3 is 12.1 Å². The number of hydrogen-bond donors (Lipinski definition) is 3. The van der Waals surface area contributed by atoms with Gasteiger partial charge in [0.15, 0.2) is 6.10 Å². The third-order valence-electron chi connectivity index (χ3n) is 6.79. The normalized spacial score (nSPS) is 13.8. The maximum atomic E-state index is 12.9. The van der Waals surface area contributed by atoms with Crippen molar-refractivity contribution in [2.24, 2.45) is 5.92 Å². The van der Waals surface area contributed by atoms with Crippen molar-refractivity contribution in [3.63, 3.8) is 0 Å². The number of aliphatic hydroxyl groups is 1. The van der Waals surface area contributed by atoms with E-state index in [0.717, 1.165) is 48.9 Å². The van der Waals surface area contributed by atoms with Crippen molar-refractivity contribution in [2.75, 3.05) is 6.54 Å². The molecule has 3 atom stereocenters. The fraction of sp³-hybridized carbons (Fsp3) is 0.355. The summed E-state index contributed by atoms with van der Waals surface area (Å²) < 4.78 is 45.1. The molecule has 0 radical (unpaired) electrons. The molecule has 0 saturated carbocycles. The lowest BCUT2D eigenvalue weighted by molar-refractivity contribution is -0.146. The summed E-state index contributed by atoms with van der Waals surface area (Å²) in [5.74, 6) is -0.965. The number of halogens is 3. The highest BCUT2D eigenvalue weighted by molar-refractivity contribution is 5.94. The van der Waals surface area contributed by atoms with Gasteiger partial charge in [0.1, 0.15) is 11.9 Å². The van der Waals surface area contributed by atoms with E-state index in [9.17, 15) is 27.9 Å². The third kappa shape index (κ3) is 8.58. The Hall–Kier alpha value is -3.85. The first kappa shape index (κ1) is 30.7. The Balaban J connectivity index is 1.77. The number of rotatable bonds is 13. The number of carbonyl (C=O) groups excluding carboxylic acids is 1. The fourth-order valence-electron chi connectivity index (χ4n) is 4.42. The predicted octanol–water partition coefficient (Wildman–Crippen LogP) is 6.88. The summed E-state index contributed by atoms with van der Waals surface area (Å²) >= 11 is 0. The molecule has 3 N–H and O–H groups in total. The highest BCUT2D eigenvalue weighted by Crippen LogP contribution is 2.34. The molecule has 0 fully saturated rings. The van der Waals surface area contributed by atoms with Crippen molar-refractivity contribution in [3.8, 4) is 16.9 Å². The summed E-state index contributed by atoms with van der Waals surface area (Å²) in [6.07, 6.45) is -2.53. The first-order chi connectivity index (χ1) is 19.0. The number of ether oxygens (including phenoxy) is 1. The molecular weight excluding hydrogens is 523 g/mol. The predicted molar refractivity (Wildman–Crippen MR) is 146 cm³/mol. The molecule has 3 aromatic carbocycles. The van der Waals surface area contributed by atoms with Gasteiger partial charge in [-0.25, -0.2) is 4.79 Å². The zero-order chi connectivity index (χ0) is 29.3. The summed E-state index contributed by atoms with van der Waals surface area (Å²) in [6, 6.07) is 19.1. The van der Waals surface area contributed by atoms with Gasteiger partial charge in [-0.3, -0.25) is 4.79 Å². The van der Waals surface area contributed by atoms with Crippen LogP contribution in [0.2, 0.25) is 0 Å². The summed E-state index contributed by atoms with van der Waals surface area (Å²) in [4.78, 5) is 23.0. The van der Waals surface area contributed by atoms with Crippen LogP contribution in [-0.4, -0.2) is 34.7 Å². The molecule has 0 spiro atoms. The van der Waals surface area contributed by atoms with E-state index in [2.05, 4.69) is 19.2 Å². The lowest BCUT2D eigenvalue weighted by Crippen LogP contribution is -2.36. The van der Waals surface area contributed by atoms with Gasteiger partial charge in [0.25, 0.3) is 5.91 Å². The Bertz CT molecular complexity index is 1240. The Kier molecular flexibility index (Phi) is 10.7. The van der Waals surface area contributed by atoms with E-state index in [1.165, 1.54) is 12.1 Å². The van der Waals surface area contributed by atoms with Crippen LogP contribution in [0, 0.1) is 5.92 Å².